The van der Waals surface area contributed by atoms with E-state index in [0.717, 1.165) is 24.9 Å². The summed E-state index contributed by atoms with van der Waals surface area (Å²) in [7, 11) is 0. The highest BCUT2D eigenvalue weighted by Gasteiger charge is 2.74. The van der Waals surface area contributed by atoms with Crippen LogP contribution in [-0.4, -0.2) is 15.7 Å². The molecule has 5 rings (SSSR count). The fraction of sp³-hybridized carbons (Fsp3) is 0.273. The number of fused-ring (bicyclic) bond motifs is 1. The third-order valence-electron chi connectivity index (χ3n) is 5.76. The molecule has 0 atom stereocenters. The number of carbonyl (C=O) groups is 1. The van der Waals surface area contributed by atoms with Gasteiger partial charge in [-0.2, -0.15) is 5.10 Å². The second-order valence-corrected chi connectivity index (χ2v) is 7.50. The van der Waals surface area contributed by atoms with Crippen LogP contribution in [0.2, 0.25) is 0 Å². The maximum absolute atomic E-state index is 12.3. The Morgan fingerprint density at radius 1 is 1.12 bits per heavy atom. The van der Waals surface area contributed by atoms with Crippen LogP contribution in [0.4, 0.5) is 0 Å². The van der Waals surface area contributed by atoms with Crippen molar-refractivity contribution in [2.45, 2.75) is 25.9 Å². The molecule has 0 bridgehead atoms. The Balaban J connectivity index is 1.32. The van der Waals surface area contributed by atoms with Gasteiger partial charge in [0.25, 0.3) is 0 Å². The van der Waals surface area contributed by atoms with Crippen molar-refractivity contribution < 1.29 is 4.79 Å². The maximum atomic E-state index is 12.3. The van der Waals surface area contributed by atoms with Gasteiger partial charge >= 0.3 is 0 Å². The molecule has 1 heterocycles. The Morgan fingerprint density at radius 2 is 1.88 bits per heavy atom. The molecule has 0 aliphatic heterocycles. The molecule has 26 heavy (non-hydrogen) atoms. The summed E-state index contributed by atoms with van der Waals surface area (Å²) in [6, 6.07) is 18.8. The standard InChI is InChI=1S/C22H21N3O/c26-21(22-12-19(22)13-22)23-14-18-4-1-2-5-20(18)17-8-6-16(7-9-17)15-25-11-3-10-24-25/h1-11,19H,12-15H2,(H,23,26). The number of rotatable bonds is 6. The zero-order valence-electron chi connectivity index (χ0n) is 14.6. The molecular weight excluding hydrogens is 322 g/mol. The van der Waals surface area contributed by atoms with Crippen LogP contribution in [0.25, 0.3) is 11.1 Å². The van der Waals surface area contributed by atoms with E-state index in [1.165, 1.54) is 16.7 Å². The molecule has 2 aliphatic carbocycles. The van der Waals surface area contributed by atoms with Crippen LogP contribution < -0.4 is 5.32 Å². The molecule has 0 unspecified atom stereocenters. The predicted molar refractivity (Wildman–Crippen MR) is 100 cm³/mol. The smallest absolute Gasteiger partial charge is 0.226 e. The van der Waals surface area contributed by atoms with Gasteiger partial charge in [-0.05, 0) is 47.1 Å². The largest absolute Gasteiger partial charge is 0.352 e. The molecule has 4 heteroatoms. The van der Waals surface area contributed by atoms with Gasteiger partial charge in [0.2, 0.25) is 5.91 Å². The van der Waals surface area contributed by atoms with E-state index in [1.807, 2.05) is 23.0 Å². The monoisotopic (exact) mass is 343 g/mol. The Bertz CT molecular complexity index is 938. The van der Waals surface area contributed by atoms with Gasteiger partial charge in [-0.1, -0.05) is 48.5 Å². The van der Waals surface area contributed by atoms with Crippen molar-refractivity contribution >= 4 is 5.91 Å². The number of benzene rings is 2. The highest BCUT2D eigenvalue weighted by Crippen LogP contribution is 2.75. The lowest BCUT2D eigenvalue weighted by atomic mass is 9.98. The summed E-state index contributed by atoms with van der Waals surface area (Å²) in [6.07, 6.45) is 5.95. The van der Waals surface area contributed by atoms with Crippen molar-refractivity contribution in [3.05, 3.63) is 78.1 Å². The number of nitrogens with zero attached hydrogens (tertiary/aromatic N) is 2. The van der Waals surface area contributed by atoms with Crippen molar-refractivity contribution in [1.82, 2.24) is 15.1 Å². The number of aromatic nitrogens is 2. The molecular formula is C22H21N3O. The van der Waals surface area contributed by atoms with E-state index in [4.69, 9.17) is 0 Å². The van der Waals surface area contributed by atoms with Crippen molar-refractivity contribution in [3.8, 4) is 11.1 Å². The molecule has 1 N–H and O–H groups in total. The first-order valence-electron chi connectivity index (χ1n) is 9.18. The van der Waals surface area contributed by atoms with Crippen LogP contribution in [0.3, 0.4) is 0 Å². The van der Waals surface area contributed by atoms with Gasteiger partial charge in [-0.25, -0.2) is 0 Å². The van der Waals surface area contributed by atoms with E-state index in [-0.39, 0.29) is 11.3 Å². The number of hydrogen-bond donors (Lipinski definition) is 1. The molecule has 2 fully saturated rings. The maximum Gasteiger partial charge on any atom is 0.226 e. The number of hydrogen-bond acceptors (Lipinski definition) is 2. The van der Waals surface area contributed by atoms with Crippen LogP contribution in [0.15, 0.2) is 67.0 Å². The van der Waals surface area contributed by atoms with Crippen molar-refractivity contribution in [1.29, 1.82) is 0 Å². The summed E-state index contributed by atoms with van der Waals surface area (Å²) in [5, 5.41) is 7.40. The number of carbonyl (C=O) groups excluding carboxylic acids is 1. The quantitative estimate of drug-likeness (QED) is 0.743. The predicted octanol–water partition coefficient (Wildman–Crippen LogP) is 3.62. The van der Waals surface area contributed by atoms with Crippen molar-refractivity contribution in [2.75, 3.05) is 0 Å². The van der Waals surface area contributed by atoms with E-state index in [0.29, 0.717) is 12.5 Å². The summed E-state index contributed by atoms with van der Waals surface area (Å²) in [5.74, 6) is 0.923. The van der Waals surface area contributed by atoms with Gasteiger partial charge < -0.3 is 5.32 Å². The topological polar surface area (TPSA) is 46.9 Å². The fourth-order valence-corrected chi connectivity index (χ4v) is 3.75. The molecule has 0 saturated heterocycles. The fourth-order valence-electron chi connectivity index (χ4n) is 3.75. The van der Waals surface area contributed by atoms with E-state index >= 15 is 0 Å². The van der Waals surface area contributed by atoms with Crippen LogP contribution in [0, 0.1) is 11.3 Å². The molecule has 2 aromatic carbocycles. The van der Waals surface area contributed by atoms with Gasteiger partial charge in [-0.15, -0.1) is 0 Å². The average Bonchev–Trinajstić information content (AvgIpc) is 3.49. The number of nitrogens with one attached hydrogen (secondary N) is 1. The molecule has 2 saturated carbocycles. The van der Waals surface area contributed by atoms with Crippen molar-refractivity contribution in [2.24, 2.45) is 11.3 Å². The third kappa shape index (κ3) is 2.71. The van der Waals surface area contributed by atoms with Crippen LogP contribution in [-0.2, 0) is 17.9 Å². The Hall–Kier alpha value is -2.88. The molecule has 1 aromatic heterocycles. The first-order valence-corrected chi connectivity index (χ1v) is 9.18. The van der Waals surface area contributed by atoms with E-state index in [2.05, 4.69) is 52.9 Å². The summed E-state index contributed by atoms with van der Waals surface area (Å²) >= 11 is 0. The Morgan fingerprint density at radius 3 is 2.58 bits per heavy atom. The Kier molecular flexibility index (Phi) is 3.45. The first-order chi connectivity index (χ1) is 12.7. The highest BCUT2D eigenvalue weighted by molar-refractivity contribution is 5.90. The molecule has 1 amide bonds. The van der Waals surface area contributed by atoms with Crippen molar-refractivity contribution in [3.63, 3.8) is 0 Å². The minimum atomic E-state index is 0.0308. The van der Waals surface area contributed by atoms with Gasteiger partial charge in [0.15, 0.2) is 0 Å². The number of amides is 1. The molecule has 0 radical (unpaired) electrons. The van der Waals surface area contributed by atoms with Crippen LogP contribution in [0.5, 0.6) is 0 Å². The van der Waals surface area contributed by atoms with E-state index < -0.39 is 0 Å². The first kappa shape index (κ1) is 15.4. The Labute approximate surface area is 152 Å². The zero-order valence-corrected chi connectivity index (χ0v) is 14.6. The van der Waals surface area contributed by atoms with E-state index in [9.17, 15) is 4.79 Å². The normalized spacial score (nSPS) is 22.5. The molecule has 130 valence electrons. The zero-order chi connectivity index (χ0) is 17.6. The van der Waals surface area contributed by atoms with Gasteiger partial charge in [-0.3, -0.25) is 9.48 Å². The molecule has 4 nitrogen and oxygen atoms in total. The second kappa shape index (κ2) is 5.84. The minimum absolute atomic E-state index is 0.0308. The summed E-state index contributed by atoms with van der Waals surface area (Å²) < 4.78 is 1.92. The van der Waals surface area contributed by atoms with Gasteiger partial charge in [0, 0.05) is 18.9 Å². The summed E-state index contributed by atoms with van der Waals surface area (Å²) in [5.41, 5.74) is 4.76. The van der Waals surface area contributed by atoms with Crippen LogP contribution >= 0.6 is 0 Å². The SMILES string of the molecule is O=C(NCc1ccccc1-c1ccc(Cn2cccn2)cc1)C12CC1C2. The molecule has 0 spiro atoms. The second-order valence-electron chi connectivity index (χ2n) is 7.50. The van der Waals surface area contributed by atoms with Gasteiger partial charge in [0.05, 0.1) is 12.0 Å². The molecule has 2 aliphatic rings. The van der Waals surface area contributed by atoms with Crippen LogP contribution in [0.1, 0.15) is 24.0 Å². The third-order valence-corrected chi connectivity index (χ3v) is 5.76. The molecule has 3 aromatic rings. The highest BCUT2D eigenvalue weighted by atomic mass is 16.2. The van der Waals surface area contributed by atoms with E-state index in [1.54, 1.807) is 6.20 Å². The lowest BCUT2D eigenvalue weighted by Crippen LogP contribution is -2.27. The minimum Gasteiger partial charge on any atom is -0.352 e. The summed E-state index contributed by atoms with van der Waals surface area (Å²) in [4.78, 5) is 12.3. The lowest BCUT2D eigenvalue weighted by Gasteiger charge is -2.12. The van der Waals surface area contributed by atoms with Gasteiger partial charge in [0.1, 0.15) is 0 Å². The summed E-state index contributed by atoms with van der Waals surface area (Å²) in [6.45, 7) is 1.37. The average molecular weight is 343 g/mol. The lowest BCUT2D eigenvalue weighted by molar-refractivity contribution is -0.124.